The molecule has 0 atom stereocenters. The van der Waals surface area contributed by atoms with Gasteiger partial charge in [0.2, 0.25) is 0 Å². The fourth-order valence-corrected chi connectivity index (χ4v) is 2.41. The van der Waals surface area contributed by atoms with E-state index in [4.69, 9.17) is 11.6 Å². The number of likely N-dealkylation sites (tertiary alicyclic amines) is 1. The van der Waals surface area contributed by atoms with E-state index in [-0.39, 0.29) is 0 Å². The smallest absolute Gasteiger partial charge is 0.107 e. The van der Waals surface area contributed by atoms with Gasteiger partial charge in [-0.3, -0.25) is 4.90 Å². The summed E-state index contributed by atoms with van der Waals surface area (Å²) in [5.74, 6) is 0. The van der Waals surface area contributed by atoms with Gasteiger partial charge < -0.3 is 0 Å². The first-order valence-electron chi connectivity index (χ1n) is 4.78. The van der Waals surface area contributed by atoms with Gasteiger partial charge in [0.25, 0.3) is 0 Å². The average molecular weight is 276 g/mol. The third-order valence-corrected chi connectivity index (χ3v) is 3.27. The fraction of sp³-hybridized carbons (Fsp3) is 0.500. The molecule has 0 unspecified atom stereocenters. The molecule has 0 aliphatic carbocycles. The highest BCUT2D eigenvalue weighted by Crippen LogP contribution is 2.21. The normalized spacial score (nSPS) is 17.6. The van der Waals surface area contributed by atoms with E-state index in [9.17, 15) is 0 Å². The highest BCUT2D eigenvalue weighted by atomic mass is 79.9. The zero-order valence-corrected chi connectivity index (χ0v) is 10.2. The Hall–Kier alpha value is -0.120. The summed E-state index contributed by atoms with van der Waals surface area (Å²) in [5, 5.41) is 0.804. The van der Waals surface area contributed by atoms with Gasteiger partial charge in [-0.15, -0.1) is 0 Å². The molecule has 0 spiro atoms. The van der Waals surface area contributed by atoms with E-state index >= 15 is 0 Å². The van der Waals surface area contributed by atoms with Gasteiger partial charge in [0, 0.05) is 23.3 Å². The predicted octanol–water partition coefficient (Wildman–Crippen LogP) is 3.09. The van der Waals surface area contributed by atoms with E-state index < -0.39 is 0 Å². The highest BCUT2D eigenvalue weighted by molar-refractivity contribution is 9.10. The van der Waals surface area contributed by atoms with Gasteiger partial charge in [-0.2, -0.15) is 0 Å². The molecule has 4 heteroatoms. The van der Waals surface area contributed by atoms with Crippen molar-refractivity contribution in [2.75, 3.05) is 13.1 Å². The van der Waals surface area contributed by atoms with E-state index in [0.29, 0.717) is 0 Å². The molecule has 0 radical (unpaired) electrons. The number of hydrogen-bond acceptors (Lipinski definition) is 2. The van der Waals surface area contributed by atoms with E-state index in [1.807, 2.05) is 12.3 Å². The molecule has 1 saturated heterocycles. The zero-order valence-electron chi connectivity index (χ0n) is 7.84. The van der Waals surface area contributed by atoms with Crippen LogP contribution in [-0.4, -0.2) is 23.0 Å². The van der Waals surface area contributed by atoms with Crippen LogP contribution in [0.5, 0.6) is 0 Å². The van der Waals surface area contributed by atoms with Gasteiger partial charge in [-0.25, -0.2) is 4.98 Å². The fourth-order valence-electron chi connectivity index (χ4n) is 1.73. The second-order valence-corrected chi connectivity index (χ2v) is 4.80. The van der Waals surface area contributed by atoms with Gasteiger partial charge in [-0.05, 0) is 47.9 Å². The maximum atomic E-state index is 6.11. The highest BCUT2D eigenvalue weighted by Gasteiger charge is 2.13. The molecule has 1 aliphatic heterocycles. The van der Waals surface area contributed by atoms with Crippen LogP contribution in [0.25, 0.3) is 0 Å². The molecule has 2 heterocycles. The first kappa shape index (κ1) is 10.4. The molecule has 0 saturated carbocycles. The Morgan fingerprint density at radius 2 is 2.14 bits per heavy atom. The van der Waals surface area contributed by atoms with Crippen molar-refractivity contribution in [3.05, 3.63) is 27.5 Å². The second kappa shape index (κ2) is 4.60. The lowest BCUT2D eigenvalue weighted by Gasteiger charge is -2.15. The van der Waals surface area contributed by atoms with Gasteiger partial charge in [0.1, 0.15) is 4.60 Å². The molecule has 0 amide bonds. The lowest BCUT2D eigenvalue weighted by atomic mass is 10.2. The predicted molar refractivity (Wildman–Crippen MR) is 61.5 cm³/mol. The SMILES string of the molecule is Clc1cc(Br)ncc1CN1CCCC1. The Morgan fingerprint density at radius 1 is 1.43 bits per heavy atom. The molecular formula is C10H12BrClN2. The standard InChI is InChI=1S/C10H12BrClN2/c11-10-5-9(12)8(6-13-10)7-14-3-1-2-4-14/h5-6H,1-4,7H2. The minimum atomic E-state index is 0.799. The summed E-state index contributed by atoms with van der Waals surface area (Å²) in [6, 6.07) is 1.85. The Balaban J connectivity index is 2.08. The molecule has 1 aromatic heterocycles. The minimum absolute atomic E-state index is 0.799. The van der Waals surface area contributed by atoms with E-state index in [1.54, 1.807) is 0 Å². The topological polar surface area (TPSA) is 16.1 Å². The number of nitrogens with zero attached hydrogens (tertiary/aromatic N) is 2. The Bertz CT molecular complexity index is 324. The first-order chi connectivity index (χ1) is 6.75. The summed E-state index contributed by atoms with van der Waals surface area (Å²) in [6.45, 7) is 3.30. The van der Waals surface area contributed by atoms with Crippen LogP contribution < -0.4 is 0 Å². The minimum Gasteiger partial charge on any atom is -0.299 e. The van der Waals surface area contributed by atoms with Crippen molar-refractivity contribution >= 4 is 27.5 Å². The Morgan fingerprint density at radius 3 is 2.79 bits per heavy atom. The third-order valence-electron chi connectivity index (χ3n) is 2.49. The van der Waals surface area contributed by atoms with Gasteiger partial charge in [0.05, 0.1) is 0 Å². The number of rotatable bonds is 2. The molecule has 1 aromatic rings. The Kier molecular flexibility index (Phi) is 3.42. The summed E-state index contributed by atoms with van der Waals surface area (Å²) < 4.78 is 0.799. The largest absolute Gasteiger partial charge is 0.299 e. The van der Waals surface area contributed by atoms with Crippen LogP contribution in [0.1, 0.15) is 18.4 Å². The van der Waals surface area contributed by atoms with Gasteiger partial charge >= 0.3 is 0 Å². The summed E-state index contributed by atoms with van der Waals surface area (Å²) in [6.07, 6.45) is 4.47. The molecule has 1 fully saturated rings. The summed E-state index contributed by atoms with van der Waals surface area (Å²) in [4.78, 5) is 6.60. The van der Waals surface area contributed by atoms with Crippen molar-refractivity contribution in [3.63, 3.8) is 0 Å². The van der Waals surface area contributed by atoms with Crippen LogP contribution in [0.3, 0.4) is 0 Å². The van der Waals surface area contributed by atoms with Crippen LogP contribution in [0.2, 0.25) is 5.02 Å². The molecule has 0 aromatic carbocycles. The van der Waals surface area contributed by atoms with Crippen molar-refractivity contribution in [1.82, 2.24) is 9.88 Å². The average Bonchev–Trinajstić information content (AvgIpc) is 2.62. The van der Waals surface area contributed by atoms with Crippen molar-refractivity contribution in [2.24, 2.45) is 0 Å². The molecule has 0 N–H and O–H groups in total. The number of aromatic nitrogens is 1. The molecule has 76 valence electrons. The molecule has 2 rings (SSSR count). The van der Waals surface area contributed by atoms with Crippen LogP contribution in [-0.2, 0) is 6.54 Å². The maximum Gasteiger partial charge on any atom is 0.107 e. The van der Waals surface area contributed by atoms with Crippen LogP contribution in [0, 0.1) is 0 Å². The quantitative estimate of drug-likeness (QED) is 0.771. The number of pyridine rings is 1. The lowest BCUT2D eigenvalue weighted by Crippen LogP contribution is -2.18. The van der Waals surface area contributed by atoms with E-state index in [0.717, 1.165) is 21.7 Å². The van der Waals surface area contributed by atoms with Gasteiger partial charge in [0.15, 0.2) is 0 Å². The summed E-state index contributed by atoms with van der Waals surface area (Å²) in [5.41, 5.74) is 1.12. The first-order valence-corrected chi connectivity index (χ1v) is 5.95. The van der Waals surface area contributed by atoms with Crippen LogP contribution in [0.15, 0.2) is 16.9 Å². The van der Waals surface area contributed by atoms with Crippen LogP contribution >= 0.6 is 27.5 Å². The lowest BCUT2D eigenvalue weighted by molar-refractivity contribution is 0.331. The van der Waals surface area contributed by atoms with Crippen molar-refractivity contribution < 1.29 is 0 Å². The number of hydrogen-bond donors (Lipinski definition) is 0. The zero-order chi connectivity index (χ0) is 9.97. The van der Waals surface area contributed by atoms with E-state index in [1.165, 1.54) is 25.9 Å². The molecular weight excluding hydrogens is 263 g/mol. The summed E-state index contributed by atoms with van der Waals surface area (Å²) >= 11 is 9.41. The van der Waals surface area contributed by atoms with Crippen molar-refractivity contribution in [1.29, 1.82) is 0 Å². The van der Waals surface area contributed by atoms with Crippen molar-refractivity contribution in [2.45, 2.75) is 19.4 Å². The summed E-state index contributed by atoms with van der Waals surface area (Å²) in [7, 11) is 0. The van der Waals surface area contributed by atoms with Crippen molar-refractivity contribution in [3.8, 4) is 0 Å². The van der Waals surface area contributed by atoms with Gasteiger partial charge in [-0.1, -0.05) is 11.6 Å². The van der Waals surface area contributed by atoms with E-state index in [2.05, 4.69) is 25.8 Å². The van der Waals surface area contributed by atoms with Crippen LogP contribution in [0.4, 0.5) is 0 Å². The number of halogens is 2. The molecule has 1 aliphatic rings. The monoisotopic (exact) mass is 274 g/mol. The molecule has 2 nitrogen and oxygen atoms in total. The third kappa shape index (κ3) is 2.47. The second-order valence-electron chi connectivity index (χ2n) is 3.58. The maximum absolute atomic E-state index is 6.11. The Labute approximate surface area is 97.4 Å². The molecule has 14 heavy (non-hydrogen) atoms. The molecule has 0 bridgehead atoms.